The van der Waals surface area contributed by atoms with Gasteiger partial charge in [0, 0.05) is 12.1 Å². The fraction of sp³-hybridized carbons (Fsp3) is 0.269. The van der Waals surface area contributed by atoms with Crippen LogP contribution in [-0.2, 0) is 6.42 Å². The van der Waals surface area contributed by atoms with Crippen LogP contribution in [0.3, 0.4) is 0 Å². The van der Waals surface area contributed by atoms with Crippen LogP contribution in [0, 0.1) is 5.82 Å². The molecule has 0 fully saturated rings. The van der Waals surface area contributed by atoms with E-state index in [0.29, 0.717) is 30.9 Å². The lowest BCUT2D eigenvalue weighted by molar-refractivity contribution is 0.0692. The minimum absolute atomic E-state index is 0.132. The average Bonchev–Trinajstić information content (AvgIpc) is 2.80. The zero-order chi connectivity index (χ0) is 22.9. The number of nitrogens with one attached hydrogen (secondary N) is 1. The zero-order valence-electron chi connectivity index (χ0n) is 18.1. The molecule has 3 aromatic rings. The van der Waals surface area contributed by atoms with Crippen molar-refractivity contribution in [1.82, 2.24) is 5.32 Å². The fourth-order valence-corrected chi connectivity index (χ4v) is 3.59. The Kier molecular flexibility index (Phi) is 8.36. The van der Waals surface area contributed by atoms with Gasteiger partial charge in [0.25, 0.3) is 0 Å². The molecule has 0 bridgehead atoms. The highest BCUT2D eigenvalue weighted by atomic mass is 19.1. The number of hydrogen-bond donors (Lipinski definition) is 3. The maximum Gasteiger partial charge on any atom is 0.339 e. The van der Waals surface area contributed by atoms with Gasteiger partial charge >= 0.3 is 5.97 Å². The summed E-state index contributed by atoms with van der Waals surface area (Å²) in [4.78, 5) is 11.8. The van der Waals surface area contributed by atoms with E-state index in [1.807, 2.05) is 43.3 Å². The Morgan fingerprint density at radius 2 is 1.88 bits per heavy atom. The molecule has 1 atom stereocenters. The quantitative estimate of drug-likeness (QED) is 0.374. The second kappa shape index (κ2) is 11.4. The van der Waals surface area contributed by atoms with Gasteiger partial charge in [0.1, 0.15) is 17.1 Å². The van der Waals surface area contributed by atoms with E-state index >= 15 is 0 Å². The third kappa shape index (κ3) is 5.93. The summed E-state index contributed by atoms with van der Waals surface area (Å²) in [6, 6.07) is 19.0. The Balaban J connectivity index is 1.82. The molecule has 3 rings (SSSR count). The molecule has 0 radical (unpaired) electrons. The maximum absolute atomic E-state index is 13.4. The molecular weight excluding hydrogens is 409 g/mol. The molecule has 168 valence electrons. The number of rotatable bonds is 11. The van der Waals surface area contributed by atoms with Crippen LogP contribution in [0.2, 0.25) is 0 Å². The number of aliphatic hydroxyl groups is 1. The van der Waals surface area contributed by atoms with E-state index in [9.17, 15) is 19.4 Å². The van der Waals surface area contributed by atoms with E-state index < -0.39 is 17.9 Å². The van der Waals surface area contributed by atoms with Gasteiger partial charge in [0.05, 0.1) is 12.7 Å². The van der Waals surface area contributed by atoms with Gasteiger partial charge in [0.15, 0.2) is 0 Å². The molecule has 5 nitrogen and oxygen atoms in total. The Hall–Kier alpha value is -3.22. The summed E-state index contributed by atoms with van der Waals surface area (Å²) in [5, 5.41) is 23.2. The summed E-state index contributed by atoms with van der Waals surface area (Å²) in [6.07, 6.45) is 0.410. The topological polar surface area (TPSA) is 78.8 Å². The van der Waals surface area contributed by atoms with Crippen molar-refractivity contribution in [2.45, 2.75) is 25.9 Å². The predicted molar refractivity (Wildman–Crippen MR) is 123 cm³/mol. The van der Waals surface area contributed by atoms with Gasteiger partial charge in [-0.05, 0) is 54.3 Å². The van der Waals surface area contributed by atoms with Gasteiger partial charge in [-0.2, -0.15) is 0 Å². The van der Waals surface area contributed by atoms with Crippen molar-refractivity contribution in [2.24, 2.45) is 0 Å². The van der Waals surface area contributed by atoms with E-state index in [4.69, 9.17) is 4.74 Å². The number of carbonyl (C=O) groups is 1. The highest BCUT2D eigenvalue weighted by molar-refractivity contribution is 5.93. The monoisotopic (exact) mass is 437 g/mol. The first-order chi connectivity index (χ1) is 15.5. The van der Waals surface area contributed by atoms with Crippen LogP contribution in [0.15, 0.2) is 66.7 Å². The van der Waals surface area contributed by atoms with Crippen molar-refractivity contribution in [2.75, 3.05) is 19.7 Å². The lowest BCUT2D eigenvalue weighted by atomic mass is 9.94. The van der Waals surface area contributed by atoms with Crippen LogP contribution in [0.1, 0.15) is 40.9 Å². The van der Waals surface area contributed by atoms with E-state index in [0.717, 1.165) is 23.1 Å². The molecule has 0 saturated carbocycles. The standard InChI is InChI=1S/C26H28FNO4/c1-2-15-32-25-22(13-14-28-17-24(29)19-9-6-10-20(27)16-19)21(11-12-23(25)26(30)31)18-7-4-3-5-8-18/h3-12,16,24,28-29H,2,13-15,17H2,1H3,(H,30,31)/t24-/m0/s1. The molecular formula is C26H28FNO4. The average molecular weight is 438 g/mol. The van der Waals surface area contributed by atoms with Crippen LogP contribution in [0.25, 0.3) is 11.1 Å². The molecule has 3 aromatic carbocycles. The second-order valence-electron chi connectivity index (χ2n) is 7.51. The number of carboxylic acid groups (broad SMARTS) is 1. The number of halogens is 1. The first-order valence-electron chi connectivity index (χ1n) is 10.7. The zero-order valence-corrected chi connectivity index (χ0v) is 18.1. The number of aromatic carboxylic acids is 1. The smallest absolute Gasteiger partial charge is 0.339 e. The summed E-state index contributed by atoms with van der Waals surface area (Å²) < 4.78 is 19.3. The van der Waals surface area contributed by atoms with Crippen molar-refractivity contribution in [3.63, 3.8) is 0 Å². The minimum atomic E-state index is -1.04. The molecule has 6 heteroatoms. The molecule has 0 unspecified atom stereocenters. The Bertz CT molecular complexity index is 1040. The van der Waals surface area contributed by atoms with Gasteiger partial charge in [-0.25, -0.2) is 9.18 Å². The molecule has 0 aromatic heterocycles. The molecule has 0 heterocycles. The number of carboxylic acids is 1. The van der Waals surface area contributed by atoms with Gasteiger partial charge in [-0.3, -0.25) is 0 Å². The number of aliphatic hydroxyl groups excluding tert-OH is 1. The Labute approximate surface area is 187 Å². The lowest BCUT2D eigenvalue weighted by Gasteiger charge is -2.19. The number of benzene rings is 3. The first-order valence-corrected chi connectivity index (χ1v) is 10.7. The second-order valence-corrected chi connectivity index (χ2v) is 7.51. The molecule has 0 aliphatic heterocycles. The third-order valence-electron chi connectivity index (χ3n) is 5.15. The van der Waals surface area contributed by atoms with Gasteiger partial charge in [-0.1, -0.05) is 55.5 Å². The third-order valence-corrected chi connectivity index (χ3v) is 5.15. The fourth-order valence-electron chi connectivity index (χ4n) is 3.59. The Morgan fingerprint density at radius 3 is 2.56 bits per heavy atom. The predicted octanol–water partition coefficient (Wildman–Crippen LogP) is 4.85. The highest BCUT2D eigenvalue weighted by Gasteiger charge is 2.20. The largest absolute Gasteiger partial charge is 0.492 e. The lowest BCUT2D eigenvalue weighted by Crippen LogP contribution is -2.24. The molecule has 0 aliphatic carbocycles. The first kappa shape index (κ1) is 23.4. The number of hydrogen-bond acceptors (Lipinski definition) is 4. The van der Waals surface area contributed by atoms with Crippen molar-refractivity contribution in [1.29, 1.82) is 0 Å². The summed E-state index contributed by atoms with van der Waals surface area (Å²) in [5.74, 6) is -1.04. The Morgan fingerprint density at radius 1 is 1.09 bits per heavy atom. The van der Waals surface area contributed by atoms with Crippen LogP contribution < -0.4 is 10.1 Å². The minimum Gasteiger partial charge on any atom is -0.492 e. The van der Waals surface area contributed by atoms with Crippen LogP contribution >= 0.6 is 0 Å². The van der Waals surface area contributed by atoms with E-state index in [1.54, 1.807) is 18.2 Å². The summed E-state index contributed by atoms with van der Waals surface area (Å²) in [6.45, 7) is 3.11. The van der Waals surface area contributed by atoms with Crippen LogP contribution in [0.4, 0.5) is 4.39 Å². The molecule has 32 heavy (non-hydrogen) atoms. The normalized spacial score (nSPS) is 11.8. The highest BCUT2D eigenvalue weighted by Crippen LogP contribution is 2.34. The summed E-state index contributed by atoms with van der Waals surface area (Å²) in [7, 11) is 0. The van der Waals surface area contributed by atoms with Gasteiger partial charge < -0.3 is 20.3 Å². The SMILES string of the molecule is CCCOc1c(C(=O)O)ccc(-c2ccccc2)c1CCNC[C@H](O)c1cccc(F)c1. The van der Waals surface area contributed by atoms with Gasteiger partial charge in [0.2, 0.25) is 0 Å². The molecule has 3 N–H and O–H groups in total. The molecule has 0 saturated heterocycles. The van der Waals surface area contributed by atoms with E-state index in [2.05, 4.69) is 5.32 Å². The molecule has 0 spiro atoms. The van der Waals surface area contributed by atoms with E-state index in [1.165, 1.54) is 12.1 Å². The van der Waals surface area contributed by atoms with Crippen molar-refractivity contribution >= 4 is 5.97 Å². The van der Waals surface area contributed by atoms with E-state index in [-0.39, 0.29) is 12.1 Å². The molecule has 0 amide bonds. The molecule has 0 aliphatic rings. The summed E-state index contributed by atoms with van der Waals surface area (Å²) >= 11 is 0. The van der Waals surface area contributed by atoms with Gasteiger partial charge in [-0.15, -0.1) is 0 Å². The maximum atomic E-state index is 13.4. The van der Waals surface area contributed by atoms with Crippen molar-refractivity contribution in [3.05, 3.63) is 89.2 Å². The summed E-state index contributed by atoms with van der Waals surface area (Å²) in [5.41, 5.74) is 3.32. The van der Waals surface area contributed by atoms with Crippen LogP contribution in [0.5, 0.6) is 5.75 Å². The van der Waals surface area contributed by atoms with Crippen molar-refractivity contribution < 1.29 is 24.1 Å². The number of ether oxygens (including phenoxy) is 1. The van der Waals surface area contributed by atoms with Crippen molar-refractivity contribution in [3.8, 4) is 16.9 Å². The van der Waals surface area contributed by atoms with Crippen LogP contribution in [-0.4, -0.2) is 35.9 Å².